The van der Waals surface area contributed by atoms with Gasteiger partial charge in [-0.15, -0.1) is 0 Å². The molecule has 0 aliphatic carbocycles. The first-order valence-electron chi connectivity index (χ1n) is 8.28. The zero-order valence-corrected chi connectivity index (χ0v) is 14.6. The normalized spacial score (nSPS) is 16.2. The predicted octanol–water partition coefficient (Wildman–Crippen LogP) is -0.395. The summed E-state index contributed by atoms with van der Waals surface area (Å²) in [5.41, 5.74) is 0.895. The number of nitrogens with zero attached hydrogens (tertiary/aromatic N) is 3. The van der Waals surface area contributed by atoms with Crippen molar-refractivity contribution in [1.29, 1.82) is 0 Å². The topological polar surface area (TPSA) is 140 Å². The highest BCUT2D eigenvalue weighted by molar-refractivity contribution is 6.06. The molecule has 1 amide bonds. The molecule has 3 rings (SSSR count). The number of amides is 1. The van der Waals surface area contributed by atoms with Crippen LogP contribution in [0.15, 0.2) is 36.7 Å². The Labute approximate surface area is 155 Å². The molecule has 1 aromatic carbocycles. The van der Waals surface area contributed by atoms with Gasteiger partial charge in [-0.2, -0.15) is 0 Å². The number of rotatable bonds is 7. The van der Waals surface area contributed by atoms with Crippen LogP contribution in [0, 0.1) is 0 Å². The highest BCUT2D eigenvalue weighted by atomic mass is 16.5. The number of anilines is 3. The third-order valence-corrected chi connectivity index (χ3v) is 4.28. The van der Waals surface area contributed by atoms with Crippen molar-refractivity contribution in [2.45, 2.75) is 18.4 Å². The van der Waals surface area contributed by atoms with Crippen molar-refractivity contribution in [2.75, 3.05) is 35.9 Å². The molecule has 27 heavy (non-hydrogen) atoms. The SMILES string of the molecule is COC(CO)C(O)C(O)N1CNc2c(NC(=O)c3ccccc3)ncnc21. The monoisotopic (exact) mass is 375 g/mol. The van der Waals surface area contributed by atoms with Gasteiger partial charge < -0.3 is 35.6 Å². The Balaban J connectivity index is 1.80. The van der Waals surface area contributed by atoms with E-state index in [1.54, 1.807) is 24.3 Å². The van der Waals surface area contributed by atoms with Crippen molar-refractivity contribution in [3.63, 3.8) is 0 Å². The maximum Gasteiger partial charge on any atom is 0.256 e. The van der Waals surface area contributed by atoms with Crippen LogP contribution >= 0.6 is 0 Å². The van der Waals surface area contributed by atoms with Crippen LogP contribution < -0.4 is 15.5 Å². The largest absolute Gasteiger partial charge is 0.394 e. The zero-order valence-electron chi connectivity index (χ0n) is 14.6. The summed E-state index contributed by atoms with van der Waals surface area (Å²) in [5, 5.41) is 35.6. The standard InChI is InChI=1S/C17H21N5O5/c1-27-11(7-23)13(24)17(26)22-9-20-12-14(18-8-19-15(12)22)21-16(25)10-5-3-2-4-6-10/h2-6,8,11,13,17,20,23-24,26H,7,9H2,1H3,(H,18,19,21,25). The molecule has 3 atom stereocenters. The van der Waals surface area contributed by atoms with E-state index in [0.717, 1.165) is 0 Å². The summed E-state index contributed by atoms with van der Waals surface area (Å²) in [6.07, 6.45) is -2.46. The van der Waals surface area contributed by atoms with Gasteiger partial charge >= 0.3 is 0 Å². The molecule has 0 radical (unpaired) electrons. The maximum atomic E-state index is 12.4. The molecule has 144 valence electrons. The van der Waals surface area contributed by atoms with Gasteiger partial charge in [0.1, 0.15) is 24.2 Å². The molecule has 1 aliphatic rings. The lowest BCUT2D eigenvalue weighted by atomic mass is 10.1. The first-order chi connectivity index (χ1) is 13.1. The minimum atomic E-state index is -1.39. The lowest BCUT2D eigenvalue weighted by Crippen LogP contribution is -2.50. The van der Waals surface area contributed by atoms with Crippen molar-refractivity contribution >= 4 is 23.2 Å². The van der Waals surface area contributed by atoms with Gasteiger partial charge in [0.05, 0.1) is 13.3 Å². The second kappa shape index (κ2) is 8.27. The molecule has 1 aliphatic heterocycles. The average Bonchev–Trinajstić information content (AvgIpc) is 3.14. The van der Waals surface area contributed by atoms with Crippen LogP contribution in [0.2, 0.25) is 0 Å². The summed E-state index contributed by atoms with van der Waals surface area (Å²) in [4.78, 5) is 22.0. The van der Waals surface area contributed by atoms with Crippen LogP contribution in [0.4, 0.5) is 17.3 Å². The van der Waals surface area contributed by atoms with Crippen molar-refractivity contribution in [2.24, 2.45) is 0 Å². The van der Waals surface area contributed by atoms with E-state index < -0.39 is 25.0 Å². The molecular formula is C17H21N5O5. The number of carbonyl (C=O) groups excluding carboxylic acids is 1. The fourth-order valence-electron chi connectivity index (χ4n) is 2.78. The highest BCUT2D eigenvalue weighted by Crippen LogP contribution is 2.35. The minimum Gasteiger partial charge on any atom is -0.394 e. The van der Waals surface area contributed by atoms with Gasteiger partial charge in [-0.1, -0.05) is 18.2 Å². The van der Waals surface area contributed by atoms with Crippen LogP contribution in [0.3, 0.4) is 0 Å². The van der Waals surface area contributed by atoms with Crippen molar-refractivity contribution in [3.05, 3.63) is 42.2 Å². The predicted molar refractivity (Wildman–Crippen MR) is 97.3 cm³/mol. The Morgan fingerprint density at radius 2 is 2.07 bits per heavy atom. The molecule has 1 aromatic heterocycles. The van der Waals surface area contributed by atoms with Crippen LogP contribution in [0.1, 0.15) is 10.4 Å². The number of methoxy groups -OCH3 is 1. The van der Waals surface area contributed by atoms with Crippen LogP contribution in [-0.4, -0.2) is 70.0 Å². The van der Waals surface area contributed by atoms with Crippen molar-refractivity contribution in [1.82, 2.24) is 9.97 Å². The Bertz CT molecular complexity index is 787. The molecule has 0 bridgehead atoms. The Morgan fingerprint density at radius 1 is 1.33 bits per heavy atom. The molecule has 0 fully saturated rings. The molecule has 0 spiro atoms. The summed E-state index contributed by atoms with van der Waals surface area (Å²) < 4.78 is 4.96. The molecular weight excluding hydrogens is 354 g/mol. The van der Waals surface area contributed by atoms with E-state index in [2.05, 4.69) is 20.6 Å². The third-order valence-electron chi connectivity index (χ3n) is 4.28. The number of benzene rings is 1. The number of hydrogen-bond acceptors (Lipinski definition) is 9. The summed E-state index contributed by atoms with van der Waals surface area (Å²) in [5.74, 6) is 0.230. The van der Waals surface area contributed by atoms with Gasteiger partial charge in [0, 0.05) is 12.7 Å². The van der Waals surface area contributed by atoms with Gasteiger partial charge in [-0.05, 0) is 12.1 Å². The number of ether oxygens (including phenoxy) is 1. The van der Waals surface area contributed by atoms with E-state index in [4.69, 9.17) is 4.74 Å². The number of aliphatic hydroxyl groups excluding tert-OH is 3. The molecule has 10 nitrogen and oxygen atoms in total. The molecule has 0 saturated heterocycles. The molecule has 3 unspecified atom stereocenters. The van der Waals surface area contributed by atoms with Crippen LogP contribution in [0.25, 0.3) is 0 Å². The summed E-state index contributed by atoms with van der Waals surface area (Å²) >= 11 is 0. The van der Waals surface area contributed by atoms with Crippen molar-refractivity contribution in [3.8, 4) is 0 Å². The lowest BCUT2D eigenvalue weighted by molar-refractivity contribution is -0.0921. The summed E-state index contributed by atoms with van der Waals surface area (Å²) in [6, 6.07) is 8.67. The molecule has 2 aromatic rings. The highest BCUT2D eigenvalue weighted by Gasteiger charge is 2.36. The number of hydrogen-bond donors (Lipinski definition) is 5. The molecule has 0 saturated carbocycles. The number of carbonyl (C=O) groups is 1. The Kier molecular flexibility index (Phi) is 5.81. The number of aromatic nitrogens is 2. The Hall–Kier alpha value is -2.79. The van der Waals surface area contributed by atoms with E-state index in [0.29, 0.717) is 17.1 Å². The summed E-state index contributed by atoms with van der Waals surface area (Å²) in [7, 11) is 1.33. The quantitative estimate of drug-likeness (QED) is 0.437. The van der Waals surface area contributed by atoms with E-state index in [-0.39, 0.29) is 18.4 Å². The third kappa shape index (κ3) is 3.83. The molecule has 2 heterocycles. The zero-order chi connectivity index (χ0) is 19.4. The van der Waals surface area contributed by atoms with E-state index >= 15 is 0 Å². The summed E-state index contributed by atoms with van der Waals surface area (Å²) in [6.45, 7) is -0.326. The van der Waals surface area contributed by atoms with E-state index in [9.17, 15) is 20.1 Å². The second-order valence-corrected chi connectivity index (χ2v) is 5.91. The van der Waals surface area contributed by atoms with E-state index in [1.165, 1.54) is 18.3 Å². The smallest absolute Gasteiger partial charge is 0.256 e. The van der Waals surface area contributed by atoms with Gasteiger partial charge in [0.15, 0.2) is 17.9 Å². The van der Waals surface area contributed by atoms with Crippen molar-refractivity contribution < 1.29 is 24.9 Å². The first kappa shape index (κ1) is 19.0. The lowest BCUT2D eigenvalue weighted by Gasteiger charge is -2.31. The van der Waals surface area contributed by atoms with Gasteiger partial charge in [-0.25, -0.2) is 9.97 Å². The van der Waals surface area contributed by atoms with Gasteiger partial charge in [0.25, 0.3) is 5.91 Å². The number of aliphatic hydroxyl groups is 3. The second-order valence-electron chi connectivity index (χ2n) is 5.91. The fraction of sp³-hybridized carbons (Fsp3) is 0.353. The minimum absolute atomic E-state index is 0.127. The Morgan fingerprint density at radius 3 is 2.74 bits per heavy atom. The average molecular weight is 375 g/mol. The molecule has 5 N–H and O–H groups in total. The van der Waals surface area contributed by atoms with Crippen LogP contribution in [-0.2, 0) is 4.74 Å². The number of nitrogens with one attached hydrogen (secondary N) is 2. The van der Waals surface area contributed by atoms with E-state index in [1.807, 2.05) is 6.07 Å². The molecule has 10 heteroatoms. The maximum absolute atomic E-state index is 12.4. The number of fused-ring (bicyclic) bond motifs is 1. The fourth-order valence-corrected chi connectivity index (χ4v) is 2.78. The first-order valence-corrected chi connectivity index (χ1v) is 8.28. The van der Waals surface area contributed by atoms with Crippen LogP contribution in [0.5, 0.6) is 0 Å². The van der Waals surface area contributed by atoms with Gasteiger partial charge in [-0.3, -0.25) is 4.79 Å². The van der Waals surface area contributed by atoms with Gasteiger partial charge in [0.2, 0.25) is 0 Å².